The van der Waals surface area contributed by atoms with Gasteiger partial charge in [-0.2, -0.15) is 0 Å². The zero-order valence-electron chi connectivity index (χ0n) is 10.1. The molecule has 96 valence electrons. The summed E-state index contributed by atoms with van der Waals surface area (Å²) in [6, 6.07) is 1.23. The SMILES string of the molecule is CC(C)(C(N)Cc1ccncc1Cl)S(C)(=O)=O. The molecular formula is C11H17ClN2O2S. The molecule has 0 saturated carbocycles. The van der Waals surface area contributed by atoms with Crippen molar-refractivity contribution in [2.45, 2.75) is 31.1 Å². The van der Waals surface area contributed by atoms with Gasteiger partial charge in [0.15, 0.2) is 9.84 Å². The van der Waals surface area contributed by atoms with Crippen LogP contribution in [0.3, 0.4) is 0 Å². The van der Waals surface area contributed by atoms with Gasteiger partial charge in [-0.1, -0.05) is 11.6 Å². The molecule has 0 radical (unpaired) electrons. The van der Waals surface area contributed by atoms with Crippen LogP contribution in [-0.2, 0) is 16.3 Å². The van der Waals surface area contributed by atoms with Gasteiger partial charge in [-0.05, 0) is 31.9 Å². The topological polar surface area (TPSA) is 73.0 Å². The lowest BCUT2D eigenvalue weighted by Gasteiger charge is -2.29. The lowest BCUT2D eigenvalue weighted by atomic mass is 9.97. The van der Waals surface area contributed by atoms with Crippen LogP contribution < -0.4 is 5.73 Å². The Kier molecular flexibility index (Phi) is 4.17. The zero-order valence-corrected chi connectivity index (χ0v) is 11.7. The van der Waals surface area contributed by atoms with E-state index in [0.717, 1.165) is 5.56 Å². The molecule has 0 saturated heterocycles. The lowest BCUT2D eigenvalue weighted by molar-refractivity contribution is 0.482. The van der Waals surface area contributed by atoms with Crippen LogP contribution in [0, 0.1) is 0 Å². The van der Waals surface area contributed by atoms with Crippen LogP contribution in [0.25, 0.3) is 0 Å². The first-order valence-corrected chi connectivity index (χ1v) is 7.46. The first kappa shape index (κ1) is 14.4. The predicted octanol–water partition coefficient (Wildman–Crippen LogP) is 1.43. The van der Waals surface area contributed by atoms with Crippen molar-refractivity contribution in [3.63, 3.8) is 0 Å². The molecule has 0 aliphatic rings. The maximum absolute atomic E-state index is 11.6. The van der Waals surface area contributed by atoms with Crippen molar-refractivity contribution in [3.05, 3.63) is 29.0 Å². The van der Waals surface area contributed by atoms with E-state index >= 15 is 0 Å². The normalized spacial score (nSPS) is 14.6. The van der Waals surface area contributed by atoms with Crippen LogP contribution in [0.5, 0.6) is 0 Å². The van der Waals surface area contributed by atoms with Crippen molar-refractivity contribution in [2.24, 2.45) is 5.73 Å². The first-order valence-electron chi connectivity index (χ1n) is 5.20. The fourth-order valence-electron chi connectivity index (χ4n) is 1.33. The van der Waals surface area contributed by atoms with Gasteiger partial charge in [0.2, 0.25) is 0 Å². The molecule has 2 N–H and O–H groups in total. The van der Waals surface area contributed by atoms with Gasteiger partial charge in [0.1, 0.15) is 0 Å². The van der Waals surface area contributed by atoms with Crippen molar-refractivity contribution in [1.82, 2.24) is 4.98 Å². The monoisotopic (exact) mass is 276 g/mol. The van der Waals surface area contributed by atoms with Gasteiger partial charge in [0, 0.05) is 24.7 Å². The van der Waals surface area contributed by atoms with Crippen molar-refractivity contribution in [2.75, 3.05) is 6.26 Å². The van der Waals surface area contributed by atoms with Gasteiger partial charge in [0.25, 0.3) is 0 Å². The predicted molar refractivity (Wildman–Crippen MR) is 69.8 cm³/mol. The maximum Gasteiger partial charge on any atom is 0.154 e. The fraction of sp³-hybridized carbons (Fsp3) is 0.545. The number of aromatic nitrogens is 1. The third-order valence-electron chi connectivity index (χ3n) is 3.14. The highest BCUT2D eigenvalue weighted by Crippen LogP contribution is 2.24. The molecule has 0 aliphatic carbocycles. The van der Waals surface area contributed by atoms with Gasteiger partial charge in [-0.25, -0.2) is 8.42 Å². The average molecular weight is 277 g/mol. The van der Waals surface area contributed by atoms with Crippen molar-refractivity contribution in [3.8, 4) is 0 Å². The molecule has 0 bridgehead atoms. The highest BCUT2D eigenvalue weighted by molar-refractivity contribution is 7.92. The van der Waals surface area contributed by atoms with Gasteiger partial charge in [-0.3, -0.25) is 4.98 Å². The quantitative estimate of drug-likeness (QED) is 0.903. The number of nitrogens with two attached hydrogens (primary N) is 1. The van der Waals surface area contributed by atoms with Gasteiger partial charge in [0.05, 0.1) is 9.77 Å². The minimum atomic E-state index is -3.22. The minimum Gasteiger partial charge on any atom is -0.326 e. The molecular weight excluding hydrogens is 260 g/mol. The van der Waals surface area contributed by atoms with Crippen LogP contribution in [0.4, 0.5) is 0 Å². The molecule has 1 atom stereocenters. The van der Waals surface area contributed by atoms with E-state index < -0.39 is 20.6 Å². The Bertz CT molecular complexity index is 500. The van der Waals surface area contributed by atoms with E-state index in [1.54, 1.807) is 26.1 Å². The summed E-state index contributed by atoms with van der Waals surface area (Å²) in [4.78, 5) is 3.87. The molecule has 0 amide bonds. The highest BCUT2D eigenvalue weighted by Gasteiger charge is 2.36. The molecule has 0 aromatic carbocycles. The van der Waals surface area contributed by atoms with E-state index in [-0.39, 0.29) is 0 Å². The highest BCUT2D eigenvalue weighted by atomic mass is 35.5. The smallest absolute Gasteiger partial charge is 0.154 e. The van der Waals surface area contributed by atoms with E-state index in [0.29, 0.717) is 11.4 Å². The first-order chi connectivity index (χ1) is 7.66. The Morgan fingerprint density at radius 1 is 1.53 bits per heavy atom. The molecule has 17 heavy (non-hydrogen) atoms. The second-order valence-corrected chi connectivity index (χ2v) is 7.66. The second kappa shape index (κ2) is 4.92. The van der Waals surface area contributed by atoms with Crippen molar-refractivity contribution in [1.29, 1.82) is 0 Å². The number of nitrogens with zero attached hydrogens (tertiary/aromatic N) is 1. The molecule has 1 unspecified atom stereocenters. The molecule has 1 rings (SSSR count). The van der Waals surface area contributed by atoms with E-state index in [4.69, 9.17) is 17.3 Å². The molecule has 1 heterocycles. The summed E-state index contributed by atoms with van der Waals surface area (Å²) >= 11 is 5.97. The molecule has 1 aromatic rings. The second-order valence-electron chi connectivity index (χ2n) is 4.65. The van der Waals surface area contributed by atoms with Crippen molar-refractivity contribution < 1.29 is 8.42 Å². The summed E-state index contributed by atoms with van der Waals surface area (Å²) in [5, 5.41) is 0.507. The van der Waals surface area contributed by atoms with E-state index in [1.807, 2.05) is 0 Å². The third-order valence-corrected chi connectivity index (χ3v) is 5.70. The molecule has 0 fully saturated rings. The van der Waals surface area contributed by atoms with Crippen LogP contribution in [-0.4, -0.2) is 30.4 Å². The maximum atomic E-state index is 11.6. The number of rotatable bonds is 4. The Balaban J connectivity index is 2.95. The standard InChI is InChI=1S/C11H17ClN2O2S/c1-11(2,17(3,15)16)10(13)6-8-4-5-14-7-9(8)12/h4-5,7,10H,6,13H2,1-3H3. The van der Waals surface area contributed by atoms with Crippen LogP contribution in [0.1, 0.15) is 19.4 Å². The number of sulfone groups is 1. The zero-order chi connectivity index (χ0) is 13.3. The van der Waals surface area contributed by atoms with Gasteiger partial charge in [-0.15, -0.1) is 0 Å². The average Bonchev–Trinajstić information content (AvgIpc) is 2.19. The van der Waals surface area contributed by atoms with E-state index in [9.17, 15) is 8.42 Å². The Morgan fingerprint density at radius 2 is 2.12 bits per heavy atom. The fourth-order valence-corrected chi connectivity index (χ4v) is 2.16. The number of hydrogen-bond donors (Lipinski definition) is 1. The van der Waals surface area contributed by atoms with Crippen LogP contribution >= 0.6 is 11.6 Å². The molecule has 0 aliphatic heterocycles. The third kappa shape index (κ3) is 3.18. The van der Waals surface area contributed by atoms with Gasteiger partial charge >= 0.3 is 0 Å². The Morgan fingerprint density at radius 3 is 2.59 bits per heavy atom. The summed E-state index contributed by atoms with van der Waals surface area (Å²) in [5.74, 6) is 0. The summed E-state index contributed by atoms with van der Waals surface area (Å²) < 4.78 is 22.3. The van der Waals surface area contributed by atoms with Crippen LogP contribution in [0.15, 0.2) is 18.5 Å². The molecule has 0 spiro atoms. The summed E-state index contributed by atoms with van der Waals surface area (Å²) in [6.07, 6.45) is 4.74. The number of halogens is 1. The minimum absolute atomic E-state index is 0.404. The number of hydrogen-bond acceptors (Lipinski definition) is 4. The summed E-state index contributed by atoms with van der Waals surface area (Å²) in [6.45, 7) is 3.25. The van der Waals surface area contributed by atoms with Crippen molar-refractivity contribution >= 4 is 21.4 Å². The summed E-state index contributed by atoms with van der Waals surface area (Å²) in [7, 11) is -3.22. The van der Waals surface area contributed by atoms with E-state index in [1.165, 1.54) is 12.5 Å². The molecule has 1 aromatic heterocycles. The summed E-state index contributed by atoms with van der Waals surface area (Å²) in [5.41, 5.74) is 6.79. The molecule has 4 nitrogen and oxygen atoms in total. The largest absolute Gasteiger partial charge is 0.326 e. The Hall–Kier alpha value is -0.650. The number of pyridine rings is 1. The lowest BCUT2D eigenvalue weighted by Crippen LogP contribution is -2.50. The van der Waals surface area contributed by atoms with Gasteiger partial charge < -0.3 is 5.73 Å². The van der Waals surface area contributed by atoms with Crippen LogP contribution in [0.2, 0.25) is 5.02 Å². The Labute approximate surface area is 107 Å². The molecule has 6 heteroatoms. The van der Waals surface area contributed by atoms with E-state index in [2.05, 4.69) is 4.98 Å².